The van der Waals surface area contributed by atoms with E-state index < -0.39 is 33.9 Å². The monoisotopic (exact) mass is 472 g/mol. The predicted octanol–water partition coefficient (Wildman–Crippen LogP) is -0.564. The Hall–Kier alpha value is -2.12. The number of carbonyl (C=O) groups excluding carboxylic acids is 2. The normalized spacial score (nSPS) is 20.6. The fourth-order valence-corrected chi connectivity index (χ4v) is 5.16. The number of morpholine rings is 1. The van der Waals surface area contributed by atoms with Gasteiger partial charge in [-0.15, -0.1) is 0 Å². The largest absolute Gasteiger partial charge is 0.379 e. The van der Waals surface area contributed by atoms with Crippen LogP contribution in [0.15, 0.2) is 23.1 Å². The molecular weight excluding hydrogens is 443 g/mol. The molecule has 3 rings (SSSR count). The molecule has 1 aromatic rings. The van der Waals surface area contributed by atoms with E-state index in [9.17, 15) is 22.4 Å². The molecule has 0 aromatic heterocycles. The maximum atomic E-state index is 13.6. The Bertz CT molecular complexity index is 923. The lowest BCUT2D eigenvalue weighted by Crippen LogP contribution is -2.53. The summed E-state index contributed by atoms with van der Waals surface area (Å²) >= 11 is 0. The fraction of sp³-hybridized carbons (Fsp3) is 0.600. The van der Waals surface area contributed by atoms with E-state index in [1.165, 1.54) is 19.1 Å². The molecule has 2 amide bonds. The summed E-state index contributed by atoms with van der Waals surface area (Å²) in [5, 5.41) is 4.99. The Balaban J connectivity index is 1.53. The van der Waals surface area contributed by atoms with Crippen LogP contribution in [0.3, 0.4) is 0 Å². The first kappa shape index (κ1) is 24.5. The molecule has 1 atom stereocenters. The topological polar surface area (TPSA) is 117 Å². The van der Waals surface area contributed by atoms with Gasteiger partial charge in [-0.3, -0.25) is 14.5 Å². The van der Waals surface area contributed by atoms with Crippen molar-refractivity contribution < 1.29 is 31.9 Å². The van der Waals surface area contributed by atoms with Crippen molar-refractivity contribution in [1.29, 1.82) is 0 Å². The van der Waals surface area contributed by atoms with Crippen LogP contribution in [0.1, 0.15) is 12.0 Å². The molecule has 2 saturated heterocycles. The van der Waals surface area contributed by atoms with E-state index in [4.69, 9.17) is 9.47 Å². The first-order valence-corrected chi connectivity index (χ1v) is 12.0. The third-order valence-electron chi connectivity index (χ3n) is 5.35. The third kappa shape index (κ3) is 6.23. The molecule has 0 radical (unpaired) electrons. The van der Waals surface area contributed by atoms with Gasteiger partial charge in [-0.2, -0.15) is 4.31 Å². The van der Waals surface area contributed by atoms with Crippen LogP contribution < -0.4 is 10.6 Å². The van der Waals surface area contributed by atoms with E-state index >= 15 is 0 Å². The molecule has 0 saturated carbocycles. The van der Waals surface area contributed by atoms with Gasteiger partial charge in [-0.1, -0.05) is 0 Å². The van der Waals surface area contributed by atoms with Crippen LogP contribution in [0, 0.1) is 12.7 Å². The van der Waals surface area contributed by atoms with Gasteiger partial charge in [0.15, 0.2) is 0 Å². The van der Waals surface area contributed by atoms with Gasteiger partial charge in [0.25, 0.3) is 0 Å². The molecule has 2 heterocycles. The molecule has 2 aliphatic heterocycles. The third-order valence-corrected chi connectivity index (χ3v) is 7.24. The van der Waals surface area contributed by atoms with Crippen molar-refractivity contribution in [3.8, 4) is 0 Å². The summed E-state index contributed by atoms with van der Waals surface area (Å²) in [5.74, 6) is -2.16. The minimum Gasteiger partial charge on any atom is -0.379 e. The van der Waals surface area contributed by atoms with Gasteiger partial charge in [0.05, 0.1) is 31.3 Å². The number of carbonyl (C=O) groups is 2. The zero-order valence-corrected chi connectivity index (χ0v) is 18.8. The highest BCUT2D eigenvalue weighted by molar-refractivity contribution is 7.89. The molecule has 0 spiro atoms. The smallest absolute Gasteiger partial charge is 0.309 e. The molecule has 2 fully saturated rings. The van der Waals surface area contributed by atoms with Crippen molar-refractivity contribution >= 4 is 21.8 Å². The van der Waals surface area contributed by atoms with E-state index in [0.717, 1.165) is 23.5 Å². The Morgan fingerprint density at radius 3 is 2.56 bits per heavy atom. The number of amides is 2. The van der Waals surface area contributed by atoms with Crippen molar-refractivity contribution in [1.82, 2.24) is 19.8 Å². The second-order valence-electron chi connectivity index (χ2n) is 7.63. The SMILES string of the molecule is Cc1cc(S(=O)(=O)N2CCCO[C@@H]2CNC(=O)C(=O)NCCN2CCOCC2)ccc1F. The number of hydrogen-bond donors (Lipinski definition) is 2. The second kappa shape index (κ2) is 11.1. The number of benzene rings is 1. The number of aryl methyl sites for hydroxylation is 1. The van der Waals surface area contributed by atoms with Crippen molar-refractivity contribution in [2.45, 2.75) is 24.5 Å². The molecule has 178 valence electrons. The van der Waals surface area contributed by atoms with E-state index in [-0.39, 0.29) is 23.5 Å². The van der Waals surface area contributed by atoms with Crippen molar-refractivity contribution in [2.75, 3.05) is 59.1 Å². The highest BCUT2D eigenvalue weighted by Gasteiger charge is 2.35. The second-order valence-corrected chi connectivity index (χ2v) is 9.52. The first-order chi connectivity index (χ1) is 15.3. The number of ether oxygens (including phenoxy) is 2. The zero-order chi connectivity index (χ0) is 23.1. The highest BCUT2D eigenvalue weighted by Crippen LogP contribution is 2.23. The molecular formula is C20H29FN4O6S. The minimum absolute atomic E-state index is 0.0564. The number of halogens is 1. The lowest BCUT2D eigenvalue weighted by atomic mass is 10.2. The zero-order valence-electron chi connectivity index (χ0n) is 18.0. The van der Waals surface area contributed by atoms with E-state index in [2.05, 4.69) is 15.5 Å². The van der Waals surface area contributed by atoms with E-state index in [1.54, 1.807) is 0 Å². The first-order valence-electron chi connectivity index (χ1n) is 10.5. The Labute approximate surface area is 187 Å². The molecule has 0 aliphatic carbocycles. The van der Waals surface area contributed by atoms with Crippen LogP contribution in [0.4, 0.5) is 4.39 Å². The van der Waals surface area contributed by atoms with Gasteiger partial charge in [-0.05, 0) is 37.1 Å². The van der Waals surface area contributed by atoms with Crippen LogP contribution in [0.2, 0.25) is 0 Å². The Kier molecular flexibility index (Phi) is 8.54. The standard InChI is InChI=1S/C20H29FN4O6S/c1-15-13-16(3-4-17(15)21)32(28,29)25-6-2-10-31-18(25)14-23-20(27)19(26)22-5-7-24-8-11-30-12-9-24/h3-4,13,18H,2,5-12,14H2,1H3,(H,22,26)(H,23,27)/t18-/m1/s1. The molecule has 10 nitrogen and oxygen atoms in total. The van der Waals surface area contributed by atoms with Crippen molar-refractivity contribution in [2.24, 2.45) is 0 Å². The van der Waals surface area contributed by atoms with E-state index in [0.29, 0.717) is 39.3 Å². The number of rotatable bonds is 7. The van der Waals surface area contributed by atoms with Gasteiger partial charge in [-0.25, -0.2) is 12.8 Å². The van der Waals surface area contributed by atoms with Gasteiger partial charge >= 0.3 is 11.8 Å². The average Bonchev–Trinajstić information content (AvgIpc) is 2.80. The summed E-state index contributed by atoms with van der Waals surface area (Å²) in [6.45, 7) is 5.57. The summed E-state index contributed by atoms with van der Waals surface area (Å²) in [6, 6.07) is 3.56. The average molecular weight is 473 g/mol. The maximum Gasteiger partial charge on any atom is 0.309 e. The van der Waals surface area contributed by atoms with Crippen LogP contribution in [-0.2, 0) is 29.1 Å². The van der Waals surface area contributed by atoms with Crippen molar-refractivity contribution in [3.05, 3.63) is 29.6 Å². The molecule has 2 aliphatic rings. The Morgan fingerprint density at radius 2 is 1.84 bits per heavy atom. The summed E-state index contributed by atoms with van der Waals surface area (Å²) in [7, 11) is -3.97. The summed E-state index contributed by atoms with van der Waals surface area (Å²) < 4.78 is 51.6. The molecule has 32 heavy (non-hydrogen) atoms. The quantitative estimate of drug-likeness (QED) is 0.511. The predicted molar refractivity (Wildman–Crippen MR) is 113 cm³/mol. The van der Waals surface area contributed by atoms with Gasteiger partial charge < -0.3 is 20.1 Å². The number of hydrogen-bond acceptors (Lipinski definition) is 7. The molecule has 2 N–H and O–H groups in total. The molecule has 0 bridgehead atoms. The molecule has 12 heteroatoms. The summed E-state index contributed by atoms with van der Waals surface area (Å²) in [6.07, 6.45) is -0.490. The number of sulfonamides is 1. The van der Waals surface area contributed by atoms with E-state index in [1.807, 2.05) is 0 Å². The van der Waals surface area contributed by atoms with Crippen LogP contribution in [0.5, 0.6) is 0 Å². The minimum atomic E-state index is -3.97. The van der Waals surface area contributed by atoms with Gasteiger partial charge in [0.1, 0.15) is 12.0 Å². The summed E-state index contributed by atoms with van der Waals surface area (Å²) in [5.41, 5.74) is 0.211. The fourth-order valence-electron chi connectivity index (χ4n) is 3.51. The molecule has 1 aromatic carbocycles. The van der Waals surface area contributed by atoms with Crippen molar-refractivity contribution in [3.63, 3.8) is 0 Å². The van der Waals surface area contributed by atoms with Crippen LogP contribution in [0.25, 0.3) is 0 Å². The number of nitrogens with one attached hydrogen (secondary N) is 2. The number of nitrogens with zero attached hydrogens (tertiary/aromatic N) is 2. The lowest BCUT2D eigenvalue weighted by Gasteiger charge is -2.34. The summed E-state index contributed by atoms with van der Waals surface area (Å²) in [4.78, 5) is 26.3. The van der Waals surface area contributed by atoms with Gasteiger partial charge in [0, 0.05) is 32.7 Å². The van der Waals surface area contributed by atoms with Gasteiger partial charge in [0.2, 0.25) is 10.0 Å². The molecule has 0 unspecified atom stereocenters. The van der Waals surface area contributed by atoms with Crippen LogP contribution in [-0.4, -0.2) is 94.8 Å². The maximum absolute atomic E-state index is 13.6. The van der Waals surface area contributed by atoms with Crippen LogP contribution >= 0.6 is 0 Å². The highest BCUT2D eigenvalue weighted by atomic mass is 32.2. The lowest BCUT2D eigenvalue weighted by molar-refractivity contribution is -0.140. The Morgan fingerprint density at radius 1 is 1.12 bits per heavy atom.